The number of rotatable bonds is 6. The summed E-state index contributed by atoms with van der Waals surface area (Å²) in [5, 5.41) is 7.00. The van der Waals surface area contributed by atoms with E-state index in [2.05, 4.69) is 47.6 Å². The van der Waals surface area contributed by atoms with Crippen molar-refractivity contribution >= 4 is 28.9 Å². The van der Waals surface area contributed by atoms with Gasteiger partial charge in [0.2, 0.25) is 0 Å². The fourth-order valence-corrected chi connectivity index (χ4v) is 3.14. The van der Waals surface area contributed by atoms with Crippen molar-refractivity contribution in [2.45, 2.75) is 13.8 Å². The number of thiocarbonyl (C=S) groups is 1. The van der Waals surface area contributed by atoms with Gasteiger partial charge in [-0.2, -0.15) is 0 Å². The van der Waals surface area contributed by atoms with Crippen molar-refractivity contribution in [3.05, 3.63) is 29.3 Å². The molecule has 0 spiro atoms. The lowest BCUT2D eigenvalue weighted by molar-refractivity contribution is -0.895. The highest BCUT2D eigenvalue weighted by Crippen LogP contribution is 2.17. The Morgan fingerprint density at radius 1 is 1.32 bits per heavy atom. The van der Waals surface area contributed by atoms with E-state index in [0.717, 1.165) is 37.0 Å². The quantitative estimate of drug-likeness (QED) is 0.488. The summed E-state index contributed by atoms with van der Waals surface area (Å²) in [5.74, 6) is 0.0802. The molecule has 1 saturated heterocycles. The number of quaternary nitrogens is 1. The lowest BCUT2D eigenvalue weighted by atomic mass is 10.1. The molecule has 1 amide bonds. The number of methoxy groups -OCH3 is 1. The van der Waals surface area contributed by atoms with Crippen LogP contribution < -0.4 is 15.5 Å². The first-order chi connectivity index (χ1) is 12.0. The summed E-state index contributed by atoms with van der Waals surface area (Å²) < 4.78 is 4.94. The molecule has 138 valence electrons. The maximum absolute atomic E-state index is 11.9. The molecule has 1 heterocycles. The van der Waals surface area contributed by atoms with Gasteiger partial charge >= 0.3 is 0 Å². The van der Waals surface area contributed by atoms with Gasteiger partial charge in [0.15, 0.2) is 11.7 Å². The van der Waals surface area contributed by atoms with Crippen LogP contribution in [0.3, 0.4) is 0 Å². The molecule has 0 saturated carbocycles. The van der Waals surface area contributed by atoms with Crippen molar-refractivity contribution < 1.29 is 14.4 Å². The molecule has 1 fully saturated rings. The van der Waals surface area contributed by atoms with E-state index < -0.39 is 0 Å². The van der Waals surface area contributed by atoms with E-state index >= 15 is 0 Å². The zero-order valence-corrected chi connectivity index (χ0v) is 16.2. The number of aryl methyl sites for hydroxylation is 2. The average Bonchev–Trinajstić information content (AvgIpc) is 2.59. The van der Waals surface area contributed by atoms with Crippen molar-refractivity contribution in [3.8, 4) is 0 Å². The van der Waals surface area contributed by atoms with Gasteiger partial charge in [-0.05, 0) is 43.3 Å². The number of ether oxygens (including phenoxy) is 1. The third kappa shape index (κ3) is 6.26. The normalized spacial score (nSPS) is 15.1. The summed E-state index contributed by atoms with van der Waals surface area (Å²) in [7, 11) is 1.63. The number of carbonyl (C=O) groups excluding carboxylic acids is 1. The first-order valence-corrected chi connectivity index (χ1v) is 9.13. The first-order valence-electron chi connectivity index (χ1n) is 8.72. The maximum Gasteiger partial charge on any atom is 0.275 e. The Morgan fingerprint density at radius 3 is 2.72 bits per heavy atom. The van der Waals surface area contributed by atoms with E-state index in [9.17, 15) is 4.79 Å². The highest BCUT2D eigenvalue weighted by molar-refractivity contribution is 7.80. The standard InChI is InChI=1S/C18H28N4O2S/c1-14-4-5-15(2)16(12-14)20-18(25)22-9-7-21(8-10-22)13-17(23)19-6-11-24-3/h4-5,12H,6-11,13H2,1-3H3,(H,19,23)(H,20,25)/p+1. The van der Waals surface area contributed by atoms with Crippen LogP contribution in [0.1, 0.15) is 11.1 Å². The Kier molecular flexibility index (Phi) is 7.61. The Balaban J connectivity index is 1.76. The Labute approximate surface area is 155 Å². The topological polar surface area (TPSA) is 58.0 Å². The van der Waals surface area contributed by atoms with Gasteiger partial charge in [-0.1, -0.05) is 12.1 Å². The van der Waals surface area contributed by atoms with Crippen molar-refractivity contribution in [2.75, 3.05) is 58.3 Å². The van der Waals surface area contributed by atoms with Crippen LogP contribution in [0.25, 0.3) is 0 Å². The molecule has 0 unspecified atom stereocenters. The number of carbonyl (C=O) groups is 1. The van der Waals surface area contributed by atoms with Crippen LogP contribution >= 0.6 is 12.2 Å². The van der Waals surface area contributed by atoms with Crippen LogP contribution in [0.4, 0.5) is 5.69 Å². The molecule has 0 atom stereocenters. The Bertz CT molecular complexity index is 601. The number of hydrogen-bond donors (Lipinski definition) is 3. The van der Waals surface area contributed by atoms with E-state index in [1.54, 1.807) is 7.11 Å². The van der Waals surface area contributed by atoms with Gasteiger partial charge in [-0.25, -0.2) is 0 Å². The molecule has 2 rings (SSSR count). The summed E-state index contributed by atoms with van der Waals surface area (Å²) in [6, 6.07) is 6.32. The number of amides is 1. The van der Waals surface area contributed by atoms with Gasteiger partial charge in [-0.15, -0.1) is 0 Å². The van der Waals surface area contributed by atoms with Crippen molar-refractivity contribution in [2.24, 2.45) is 0 Å². The van der Waals surface area contributed by atoms with Gasteiger partial charge in [-0.3, -0.25) is 4.79 Å². The maximum atomic E-state index is 11.9. The van der Waals surface area contributed by atoms with E-state index in [0.29, 0.717) is 19.7 Å². The fraction of sp³-hybridized carbons (Fsp3) is 0.556. The smallest absolute Gasteiger partial charge is 0.275 e. The van der Waals surface area contributed by atoms with E-state index in [4.69, 9.17) is 17.0 Å². The second-order valence-electron chi connectivity index (χ2n) is 6.51. The average molecular weight is 366 g/mol. The minimum atomic E-state index is 0.0802. The Hall–Kier alpha value is -1.70. The highest BCUT2D eigenvalue weighted by Gasteiger charge is 2.23. The zero-order valence-electron chi connectivity index (χ0n) is 15.4. The summed E-state index contributed by atoms with van der Waals surface area (Å²) in [6.45, 7) is 9.32. The molecule has 7 heteroatoms. The number of nitrogens with zero attached hydrogens (tertiary/aromatic N) is 1. The zero-order chi connectivity index (χ0) is 18.2. The van der Waals surface area contributed by atoms with Gasteiger partial charge < -0.3 is 25.2 Å². The first kappa shape index (κ1) is 19.6. The molecule has 0 radical (unpaired) electrons. The lowest BCUT2D eigenvalue weighted by Gasteiger charge is -2.33. The summed E-state index contributed by atoms with van der Waals surface area (Å²) in [5.41, 5.74) is 3.46. The van der Waals surface area contributed by atoms with Crippen LogP contribution in [0.5, 0.6) is 0 Å². The number of benzene rings is 1. The molecule has 0 aromatic heterocycles. The molecule has 1 aromatic carbocycles. The molecule has 25 heavy (non-hydrogen) atoms. The number of nitrogens with one attached hydrogen (secondary N) is 3. The van der Waals surface area contributed by atoms with E-state index in [1.165, 1.54) is 16.0 Å². The van der Waals surface area contributed by atoms with Crippen LogP contribution in [-0.4, -0.2) is 68.9 Å². The molecular weight excluding hydrogens is 336 g/mol. The van der Waals surface area contributed by atoms with Crippen LogP contribution in [0, 0.1) is 13.8 Å². The van der Waals surface area contributed by atoms with E-state index in [-0.39, 0.29) is 5.91 Å². The summed E-state index contributed by atoms with van der Waals surface area (Å²) >= 11 is 5.57. The summed E-state index contributed by atoms with van der Waals surface area (Å²) in [4.78, 5) is 15.3. The van der Waals surface area contributed by atoms with Crippen LogP contribution in [-0.2, 0) is 9.53 Å². The monoisotopic (exact) mass is 365 g/mol. The van der Waals surface area contributed by atoms with Crippen LogP contribution in [0.15, 0.2) is 18.2 Å². The SMILES string of the molecule is COCCNC(=O)C[NH+]1CCN(C(=S)Nc2cc(C)ccc2C)CC1. The second kappa shape index (κ2) is 9.70. The molecule has 1 aliphatic rings. The molecule has 0 aliphatic carbocycles. The fourth-order valence-electron chi connectivity index (χ4n) is 2.85. The summed E-state index contributed by atoms with van der Waals surface area (Å²) in [6.07, 6.45) is 0. The molecule has 3 N–H and O–H groups in total. The Morgan fingerprint density at radius 2 is 2.04 bits per heavy atom. The second-order valence-corrected chi connectivity index (χ2v) is 6.89. The minimum absolute atomic E-state index is 0.0802. The molecule has 0 bridgehead atoms. The molecule has 1 aliphatic heterocycles. The lowest BCUT2D eigenvalue weighted by Crippen LogP contribution is -3.15. The van der Waals surface area contributed by atoms with E-state index in [1.807, 2.05) is 0 Å². The predicted molar refractivity (Wildman–Crippen MR) is 104 cm³/mol. The number of hydrogen-bond acceptors (Lipinski definition) is 3. The van der Waals surface area contributed by atoms with Gasteiger partial charge in [0.25, 0.3) is 5.91 Å². The highest BCUT2D eigenvalue weighted by atomic mass is 32.1. The van der Waals surface area contributed by atoms with Crippen molar-refractivity contribution in [1.82, 2.24) is 10.2 Å². The molecule has 6 nitrogen and oxygen atoms in total. The van der Waals surface area contributed by atoms with Crippen molar-refractivity contribution in [3.63, 3.8) is 0 Å². The molecule has 1 aromatic rings. The minimum Gasteiger partial charge on any atom is -0.383 e. The predicted octanol–water partition coefficient (Wildman–Crippen LogP) is -0.0367. The largest absolute Gasteiger partial charge is 0.383 e. The van der Waals surface area contributed by atoms with Gasteiger partial charge in [0.05, 0.1) is 32.8 Å². The van der Waals surface area contributed by atoms with Crippen molar-refractivity contribution in [1.29, 1.82) is 0 Å². The van der Waals surface area contributed by atoms with Crippen LogP contribution in [0.2, 0.25) is 0 Å². The third-order valence-electron chi connectivity index (χ3n) is 4.43. The number of anilines is 1. The number of piperazine rings is 1. The third-order valence-corrected chi connectivity index (χ3v) is 4.79. The molecular formula is C18H29N4O2S+. The van der Waals surface area contributed by atoms with Gasteiger partial charge in [0, 0.05) is 19.3 Å². The van der Waals surface area contributed by atoms with Gasteiger partial charge in [0.1, 0.15) is 0 Å².